The molecular formula is C10H14ClNO. The van der Waals surface area contributed by atoms with Crippen LogP contribution in [0.2, 0.25) is 5.22 Å². The number of hydrogen-bond donors (Lipinski definition) is 1. The Hall–Kier alpha value is -0.730. The van der Waals surface area contributed by atoms with Crippen LogP contribution in [0.5, 0.6) is 0 Å². The zero-order valence-electron chi connectivity index (χ0n) is 7.88. The van der Waals surface area contributed by atoms with Gasteiger partial charge in [-0.1, -0.05) is 13.0 Å². The summed E-state index contributed by atoms with van der Waals surface area (Å²) in [6.45, 7) is 5.13. The maximum Gasteiger partial charge on any atom is 0.193 e. The van der Waals surface area contributed by atoms with Crippen molar-refractivity contribution in [1.29, 1.82) is 0 Å². The summed E-state index contributed by atoms with van der Waals surface area (Å²) in [6, 6.07) is 3.94. The van der Waals surface area contributed by atoms with Crippen molar-refractivity contribution in [2.24, 2.45) is 0 Å². The fraction of sp³-hybridized carbons (Fsp3) is 0.400. The standard InChI is InChI=1S/C10H14ClNO/c1-3-12-8(2)4-5-9-6-7-10(11)13-9/h4-8,12H,3H2,1-2H3/b5-4+. The third-order valence-corrected chi connectivity index (χ3v) is 1.87. The maximum atomic E-state index is 5.62. The predicted molar refractivity (Wildman–Crippen MR) is 55.9 cm³/mol. The predicted octanol–water partition coefficient (Wildman–Crippen LogP) is 2.94. The molecule has 0 amide bonds. The molecule has 2 nitrogen and oxygen atoms in total. The van der Waals surface area contributed by atoms with Gasteiger partial charge in [0.15, 0.2) is 5.22 Å². The second-order valence-electron chi connectivity index (χ2n) is 2.85. The van der Waals surface area contributed by atoms with Gasteiger partial charge in [0.05, 0.1) is 0 Å². The van der Waals surface area contributed by atoms with E-state index in [4.69, 9.17) is 16.0 Å². The van der Waals surface area contributed by atoms with Gasteiger partial charge in [-0.2, -0.15) is 0 Å². The van der Waals surface area contributed by atoms with Crippen LogP contribution in [0, 0.1) is 0 Å². The molecule has 1 heterocycles. The van der Waals surface area contributed by atoms with Gasteiger partial charge in [-0.15, -0.1) is 0 Å². The molecule has 13 heavy (non-hydrogen) atoms. The van der Waals surface area contributed by atoms with Crippen LogP contribution in [-0.4, -0.2) is 12.6 Å². The van der Waals surface area contributed by atoms with E-state index in [1.807, 2.05) is 18.2 Å². The molecule has 72 valence electrons. The van der Waals surface area contributed by atoms with Gasteiger partial charge in [-0.25, -0.2) is 0 Å². The zero-order chi connectivity index (χ0) is 9.68. The highest BCUT2D eigenvalue weighted by Crippen LogP contribution is 2.14. The summed E-state index contributed by atoms with van der Waals surface area (Å²) in [7, 11) is 0. The topological polar surface area (TPSA) is 25.2 Å². The fourth-order valence-corrected chi connectivity index (χ4v) is 1.20. The van der Waals surface area contributed by atoms with Crippen LogP contribution < -0.4 is 5.32 Å². The van der Waals surface area contributed by atoms with Gasteiger partial charge in [-0.3, -0.25) is 0 Å². The minimum Gasteiger partial charge on any atom is -0.445 e. The van der Waals surface area contributed by atoms with Gasteiger partial charge in [0, 0.05) is 6.04 Å². The van der Waals surface area contributed by atoms with E-state index in [1.54, 1.807) is 6.07 Å². The SMILES string of the molecule is CCNC(C)/C=C/c1ccc(Cl)o1. The van der Waals surface area contributed by atoms with Crippen LogP contribution >= 0.6 is 11.6 Å². The molecule has 0 saturated carbocycles. The summed E-state index contributed by atoms with van der Waals surface area (Å²) in [5, 5.41) is 3.69. The highest BCUT2D eigenvalue weighted by molar-refractivity contribution is 6.28. The van der Waals surface area contributed by atoms with Gasteiger partial charge < -0.3 is 9.73 Å². The molecule has 3 heteroatoms. The van der Waals surface area contributed by atoms with Crippen molar-refractivity contribution in [2.75, 3.05) is 6.54 Å². The summed E-state index contributed by atoms with van der Waals surface area (Å²) >= 11 is 5.62. The molecule has 1 aromatic heterocycles. The van der Waals surface area contributed by atoms with E-state index in [0.29, 0.717) is 11.3 Å². The molecule has 0 radical (unpaired) electrons. The Morgan fingerprint density at radius 2 is 2.38 bits per heavy atom. The second kappa shape index (κ2) is 5.10. The summed E-state index contributed by atoms with van der Waals surface area (Å²) in [6.07, 6.45) is 3.96. The molecule has 0 aromatic carbocycles. The third-order valence-electron chi connectivity index (χ3n) is 1.67. The molecule has 0 aliphatic carbocycles. The Morgan fingerprint density at radius 1 is 1.62 bits per heavy atom. The number of nitrogens with one attached hydrogen (secondary N) is 1. The highest BCUT2D eigenvalue weighted by atomic mass is 35.5. The van der Waals surface area contributed by atoms with E-state index in [9.17, 15) is 0 Å². The van der Waals surface area contributed by atoms with Crippen molar-refractivity contribution in [2.45, 2.75) is 19.9 Å². The Balaban J connectivity index is 2.48. The normalized spacial score (nSPS) is 13.8. The van der Waals surface area contributed by atoms with Crippen molar-refractivity contribution in [1.82, 2.24) is 5.32 Å². The molecule has 0 fully saturated rings. The average molecular weight is 200 g/mol. The molecular weight excluding hydrogens is 186 g/mol. The van der Waals surface area contributed by atoms with Gasteiger partial charge in [0.1, 0.15) is 5.76 Å². The largest absolute Gasteiger partial charge is 0.445 e. The van der Waals surface area contributed by atoms with Gasteiger partial charge in [0.25, 0.3) is 0 Å². The van der Waals surface area contributed by atoms with Crippen LogP contribution in [0.4, 0.5) is 0 Å². The second-order valence-corrected chi connectivity index (χ2v) is 3.22. The summed E-state index contributed by atoms with van der Waals surface area (Å²) in [4.78, 5) is 0. The molecule has 0 bridgehead atoms. The van der Waals surface area contributed by atoms with Gasteiger partial charge >= 0.3 is 0 Å². The van der Waals surface area contributed by atoms with E-state index in [0.717, 1.165) is 12.3 Å². The molecule has 1 aromatic rings. The smallest absolute Gasteiger partial charge is 0.193 e. The number of likely N-dealkylation sites (N-methyl/N-ethyl adjacent to an activating group) is 1. The maximum absolute atomic E-state index is 5.62. The molecule has 1 unspecified atom stereocenters. The lowest BCUT2D eigenvalue weighted by molar-refractivity contribution is 0.558. The van der Waals surface area contributed by atoms with Crippen LogP contribution in [0.25, 0.3) is 6.08 Å². The van der Waals surface area contributed by atoms with E-state index >= 15 is 0 Å². The quantitative estimate of drug-likeness (QED) is 0.807. The van der Waals surface area contributed by atoms with Crippen LogP contribution in [-0.2, 0) is 0 Å². The van der Waals surface area contributed by atoms with E-state index in [1.165, 1.54) is 0 Å². The van der Waals surface area contributed by atoms with Crippen molar-refractivity contribution < 1.29 is 4.42 Å². The van der Waals surface area contributed by atoms with Crippen LogP contribution in [0.1, 0.15) is 19.6 Å². The van der Waals surface area contributed by atoms with Crippen molar-refractivity contribution in [3.8, 4) is 0 Å². The average Bonchev–Trinajstić information content (AvgIpc) is 2.49. The molecule has 0 aliphatic heterocycles. The molecule has 1 N–H and O–H groups in total. The van der Waals surface area contributed by atoms with Gasteiger partial charge in [-0.05, 0) is 43.3 Å². The first-order valence-electron chi connectivity index (χ1n) is 4.39. The summed E-state index contributed by atoms with van der Waals surface area (Å²) in [5.74, 6) is 0.787. The van der Waals surface area contributed by atoms with Crippen LogP contribution in [0.3, 0.4) is 0 Å². The van der Waals surface area contributed by atoms with Crippen LogP contribution in [0.15, 0.2) is 22.6 Å². The lowest BCUT2D eigenvalue weighted by atomic mass is 10.3. The number of halogens is 1. The first kappa shape index (κ1) is 10.4. The monoisotopic (exact) mass is 199 g/mol. The zero-order valence-corrected chi connectivity index (χ0v) is 8.64. The third kappa shape index (κ3) is 3.66. The minimum atomic E-state index is 0.355. The fourth-order valence-electron chi connectivity index (χ4n) is 1.05. The lowest BCUT2D eigenvalue weighted by Crippen LogP contribution is -2.22. The highest BCUT2D eigenvalue weighted by Gasteiger charge is 1.96. The first-order valence-corrected chi connectivity index (χ1v) is 4.77. The van der Waals surface area contributed by atoms with E-state index < -0.39 is 0 Å². The summed E-state index contributed by atoms with van der Waals surface area (Å²) in [5.41, 5.74) is 0. The van der Waals surface area contributed by atoms with Gasteiger partial charge in [0.2, 0.25) is 0 Å². The lowest BCUT2D eigenvalue weighted by Gasteiger charge is -2.04. The first-order chi connectivity index (χ1) is 6.22. The van der Waals surface area contributed by atoms with E-state index in [2.05, 4.69) is 19.2 Å². The van der Waals surface area contributed by atoms with E-state index in [-0.39, 0.29) is 0 Å². The Kier molecular flexibility index (Phi) is 4.06. The number of furan rings is 1. The number of rotatable bonds is 4. The number of hydrogen-bond acceptors (Lipinski definition) is 2. The Bertz CT molecular complexity index is 280. The molecule has 0 saturated heterocycles. The molecule has 1 rings (SSSR count). The molecule has 1 atom stereocenters. The minimum absolute atomic E-state index is 0.355. The van der Waals surface area contributed by atoms with Crippen molar-refractivity contribution in [3.05, 3.63) is 29.2 Å². The Morgan fingerprint density at radius 3 is 2.92 bits per heavy atom. The Labute approximate surface area is 83.6 Å². The van der Waals surface area contributed by atoms with Crippen molar-refractivity contribution >= 4 is 17.7 Å². The molecule has 0 aliphatic rings. The molecule has 0 spiro atoms. The van der Waals surface area contributed by atoms with Crippen molar-refractivity contribution in [3.63, 3.8) is 0 Å². The summed E-state index contributed by atoms with van der Waals surface area (Å²) < 4.78 is 5.16.